The van der Waals surface area contributed by atoms with Crippen molar-refractivity contribution in [2.75, 3.05) is 0 Å². The molecule has 1 N–H and O–H groups in total. The van der Waals surface area contributed by atoms with Crippen molar-refractivity contribution in [1.29, 1.82) is 0 Å². The second-order valence-electron chi connectivity index (χ2n) is 11.8. The Morgan fingerprint density at radius 1 is 1.07 bits per heavy atom. The quantitative estimate of drug-likeness (QED) is 0.386. The molecule has 0 saturated heterocycles. The SMILES string of the molecule is CC(P)CCC[C@@H](C)[C@H]1CC[C@H]2[C@@H]3CC=C4C[C@@H](O)CC[C@]4(C)[C@H]3CC[C@]12C. The fourth-order valence-electron chi connectivity index (χ4n) is 8.58. The smallest absolute Gasteiger partial charge is 0.0577 e. The molecule has 0 aliphatic heterocycles. The highest BCUT2D eigenvalue weighted by Gasteiger charge is 2.59. The van der Waals surface area contributed by atoms with Crippen LogP contribution in [0.5, 0.6) is 0 Å². The van der Waals surface area contributed by atoms with E-state index in [2.05, 4.69) is 43.0 Å². The Morgan fingerprint density at radius 3 is 2.61 bits per heavy atom. The first-order chi connectivity index (χ1) is 13.3. The van der Waals surface area contributed by atoms with Crippen LogP contribution in [0.25, 0.3) is 0 Å². The van der Waals surface area contributed by atoms with Gasteiger partial charge in [0.2, 0.25) is 0 Å². The van der Waals surface area contributed by atoms with E-state index < -0.39 is 0 Å². The van der Waals surface area contributed by atoms with Gasteiger partial charge < -0.3 is 5.11 Å². The van der Waals surface area contributed by atoms with Crippen molar-refractivity contribution in [3.8, 4) is 0 Å². The van der Waals surface area contributed by atoms with E-state index in [-0.39, 0.29) is 6.10 Å². The average molecular weight is 405 g/mol. The lowest BCUT2D eigenvalue weighted by molar-refractivity contribution is -0.0572. The number of hydrogen-bond acceptors (Lipinski definition) is 1. The molecular weight excluding hydrogens is 359 g/mol. The normalized spacial score (nSPS) is 47.5. The van der Waals surface area contributed by atoms with Crippen molar-refractivity contribution < 1.29 is 5.11 Å². The third kappa shape index (κ3) is 3.56. The molecule has 3 saturated carbocycles. The van der Waals surface area contributed by atoms with Crippen LogP contribution in [0.4, 0.5) is 0 Å². The van der Waals surface area contributed by atoms with Crippen molar-refractivity contribution in [1.82, 2.24) is 0 Å². The molecule has 160 valence electrons. The lowest BCUT2D eigenvalue weighted by atomic mass is 9.47. The fourth-order valence-corrected chi connectivity index (χ4v) is 8.82. The maximum Gasteiger partial charge on any atom is 0.0577 e. The maximum atomic E-state index is 10.2. The van der Waals surface area contributed by atoms with E-state index in [0.717, 1.165) is 48.1 Å². The highest BCUT2D eigenvalue weighted by molar-refractivity contribution is 7.17. The van der Waals surface area contributed by atoms with Gasteiger partial charge in [-0.05, 0) is 104 Å². The van der Waals surface area contributed by atoms with E-state index >= 15 is 0 Å². The van der Waals surface area contributed by atoms with Gasteiger partial charge in [0.1, 0.15) is 0 Å². The first-order valence-electron chi connectivity index (χ1n) is 12.4. The molecule has 1 nitrogen and oxygen atoms in total. The highest BCUT2D eigenvalue weighted by Crippen LogP contribution is 2.67. The Labute approximate surface area is 176 Å². The van der Waals surface area contributed by atoms with Crippen LogP contribution >= 0.6 is 9.24 Å². The maximum absolute atomic E-state index is 10.2. The van der Waals surface area contributed by atoms with E-state index in [1.54, 1.807) is 5.57 Å². The summed E-state index contributed by atoms with van der Waals surface area (Å²) < 4.78 is 0. The standard InChI is InChI=1S/C26H45OP/c1-17(6-5-7-18(2)28)22-10-11-23-21-9-8-19-16-20(27)12-14-25(19,3)24(21)13-15-26(22,23)4/h8,17-18,20-24,27H,5-7,9-16,28H2,1-4H3/t17-,18?,20+,21+,22-,23+,24+,25+,26-/m1/s1. The van der Waals surface area contributed by atoms with E-state index in [0.29, 0.717) is 10.8 Å². The lowest BCUT2D eigenvalue weighted by Crippen LogP contribution is -2.50. The third-order valence-corrected chi connectivity index (χ3v) is 10.5. The van der Waals surface area contributed by atoms with Crippen molar-refractivity contribution in [2.24, 2.45) is 40.4 Å². The molecule has 4 aliphatic rings. The molecule has 0 radical (unpaired) electrons. The largest absolute Gasteiger partial charge is 0.393 e. The molecule has 4 rings (SSSR count). The molecule has 2 unspecified atom stereocenters. The second-order valence-corrected chi connectivity index (χ2v) is 12.9. The lowest BCUT2D eigenvalue weighted by Gasteiger charge is -2.58. The van der Waals surface area contributed by atoms with E-state index in [9.17, 15) is 5.11 Å². The summed E-state index contributed by atoms with van der Waals surface area (Å²) in [5, 5.41) is 10.2. The molecule has 0 bridgehead atoms. The van der Waals surface area contributed by atoms with Gasteiger partial charge in [-0.1, -0.05) is 52.2 Å². The average Bonchev–Trinajstić information content (AvgIpc) is 2.99. The number of fused-ring (bicyclic) bond motifs is 5. The monoisotopic (exact) mass is 404 g/mol. The van der Waals surface area contributed by atoms with Crippen LogP contribution in [0.15, 0.2) is 11.6 Å². The molecule has 0 aromatic carbocycles. The Morgan fingerprint density at radius 2 is 1.86 bits per heavy atom. The predicted octanol–water partition coefficient (Wildman–Crippen LogP) is 7.00. The van der Waals surface area contributed by atoms with E-state index in [4.69, 9.17) is 0 Å². The Hall–Kier alpha value is 0.130. The van der Waals surface area contributed by atoms with Crippen LogP contribution in [-0.4, -0.2) is 16.9 Å². The topological polar surface area (TPSA) is 20.2 Å². The van der Waals surface area contributed by atoms with Gasteiger partial charge in [0.15, 0.2) is 0 Å². The number of allylic oxidation sites excluding steroid dienone is 1. The fraction of sp³-hybridized carbons (Fsp3) is 0.923. The van der Waals surface area contributed by atoms with Crippen molar-refractivity contribution >= 4 is 9.24 Å². The van der Waals surface area contributed by atoms with Gasteiger partial charge in [0, 0.05) is 0 Å². The number of hydrogen-bond donors (Lipinski definition) is 1. The zero-order chi connectivity index (χ0) is 20.1. The summed E-state index contributed by atoms with van der Waals surface area (Å²) in [6.45, 7) is 10.1. The Kier molecular flexibility index (Phi) is 6.10. The predicted molar refractivity (Wildman–Crippen MR) is 123 cm³/mol. The minimum atomic E-state index is -0.0781. The van der Waals surface area contributed by atoms with E-state index in [1.807, 2.05) is 0 Å². The van der Waals surface area contributed by atoms with Gasteiger partial charge >= 0.3 is 0 Å². The molecule has 0 amide bonds. The first kappa shape index (κ1) is 21.4. The molecule has 0 aromatic rings. The van der Waals surface area contributed by atoms with Crippen molar-refractivity contribution in [2.45, 2.75) is 110 Å². The number of aliphatic hydroxyl groups excluding tert-OH is 1. The number of aliphatic hydroxyl groups is 1. The van der Waals surface area contributed by atoms with Gasteiger partial charge in [-0.2, -0.15) is 0 Å². The van der Waals surface area contributed by atoms with Crippen LogP contribution in [0.1, 0.15) is 98.3 Å². The van der Waals surface area contributed by atoms with Crippen LogP contribution in [0.2, 0.25) is 0 Å². The molecule has 3 fully saturated rings. The molecule has 0 heterocycles. The van der Waals surface area contributed by atoms with Crippen molar-refractivity contribution in [3.63, 3.8) is 0 Å². The van der Waals surface area contributed by atoms with Crippen LogP contribution in [0, 0.1) is 40.4 Å². The first-order valence-corrected chi connectivity index (χ1v) is 13.1. The highest BCUT2D eigenvalue weighted by atomic mass is 31.0. The van der Waals surface area contributed by atoms with Crippen LogP contribution < -0.4 is 0 Å². The molecule has 28 heavy (non-hydrogen) atoms. The Bertz CT molecular complexity index is 597. The summed E-state index contributed by atoms with van der Waals surface area (Å²) in [5.41, 5.74) is 3.36. The molecular formula is C26H45OP. The van der Waals surface area contributed by atoms with Crippen LogP contribution in [-0.2, 0) is 0 Å². The van der Waals surface area contributed by atoms with Crippen molar-refractivity contribution in [3.05, 3.63) is 11.6 Å². The minimum Gasteiger partial charge on any atom is -0.393 e. The zero-order valence-electron chi connectivity index (χ0n) is 18.9. The summed E-state index contributed by atoms with van der Waals surface area (Å²) >= 11 is 0. The summed E-state index contributed by atoms with van der Waals surface area (Å²) in [7, 11) is 2.97. The minimum absolute atomic E-state index is 0.0781. The zero-order valence-corrected chi connectivity index (χ0v) is 20.1. The van der Waals surface area contributed by atoms with Gasteiger partial charge in [0.25, 0.3) is 0 Å². The molecule has 2 heteroatoms. The van der Waals surface area contributed by atoms with Gasteiger partial charge in [-0.3, -0.25) is 0 Å². The molecule has 0 spiro atoms. The molecule has 0 aromatic heterocycles. The van der Waals surface area contributed by atoms with Gasteiger partial charge in [-0.25, -0.2) is 0 Å². The summed E-state index contributed by atoms with van der Waals surface area (Å²) in [4.78, 5) is 0. The van der Waals surface area contributed by atoms with Gasteiger partial charge in [-0.15, -0.1) is 9.24 Å². The second kappa shape index (κ2) is 8.00. The summed E-state index contributed by atoms with van der Waals surface area (Å²) in [6.07, 6.45) is 17.1. The van der Waals surface area contributed by atoms with Gasteiger partial charge in [0.05, 0.1) is 6.10 Å². The Balaban J connectivity index is 1.49. The molecule has 10 atom stereocenters. The number of rotatable bonds is 5. The third-order valence-electron chi connectivity index (χ3n) is 10.2. The van der Waals surface area contributed by atoms with Crippen LogP contribution in [0.3, 0.4) is 0 Å². The molecule has 4 aliphatic carbocycles. The summed E-state index contributed by atoms with van der Waals surface area (Å²) in [6, 6.07) is 0. The summed E-state index contributed by atoms with van der Waals surface area (Å²) in [5.74, 6) is 4.58. The van der Waals surface area contributed by atoms with E-state index in [1.165, 1.54) is 57.8 Å².